The van der Waals surface area contributed by atoms with Crippen molar-refractivity contribution >= 4 is 65.0 Å². The lowest BCUT2D eigenvalue weighted by Gasteiger charge is -2.26. The standard InChI is InChI=1S/C63H44/c1-63(2)60-37-49(46-19-15-39-9-3-4-11-42(39)31-46)27-29-56(60)57-30-28-50(38-61(57)63)47-24-23-43-32-45(22-21-44(43)33-47)48-20-16-40-17-25-51(35-53(40)34-48)59-36-52-26-18-41-10-5-6-12-54(41)62(52)58-14-8-7-13-55(58)59/h3-38,40,53H,1-2H3. The van der Waals surface area contributed by atoms with E-state index in [2.05, 4.69) is 232 Å². The number of rotatable bonds is 4. The van der Waals surface area contributed by atoms with Crippen LogP contribution >= 0.6 is 0 Å². The van der Waals surface area contributed by atoms with Gasteiger partial charge in [-0.1, -0.05) is 196 Å². The topological polar surface area (TPSA) is 0 Å². The van der Waals surface area contributed by atoms with Gasteiger partial charge in [-0.05, 0) is 157 Å². The molecule has 0 heterocycles. The molecule has 0 aromatic heterocycles. The smallest absolute Gasteiger partial charge is 0.0159 e. The summed E-state index contributed by atoms with van der Waals surface area (Å²) in [5.41, 5.74) is 15.6. The first-order valence-corrected chi connectivity index (χ1v) is 22.4. The summed E-state index contributed by atoms with van der Waals surface area (Å²) in [6.07, 6.45) is 14.4. The zero-order valence-electron chi connectivity index (χ0n) is 35.4. The van der Waals surface area contributed by atoms with Crippen LogP contribution in [0.1, 0.15) is 36.1 Å². The maximum absolute atomic E-state index is 2.50. The van der Waals surface area contributed by atoms with Crippen LogP contribution in [0, 0.1) is 11.8 Å². The van der Waals surface area contributed by atoms with Crippen LogP contribution in [0.25, 0.3) is 98.4 Å². The molecule has 3 aliphatic carbocycles. The molecule has 10 aromatic rings. The van der Waals surface area contributed by atoms with Crippen molar-refractivity contribution in [3.8, 4) is 33.4 Å². The molecule has 3 aliphatic rings. The van der Waals surface area contributed by atoms with Crippen LogP contribution in [0.3, 0.4) is 0 Å². The summed E-state index contributed by atoms with van der Waals surface area (Å²) in [4.78, 5) is 0. The Morgan fingerprint density at radius 3 is 1.52 bits per heavy atom. The minimum absolute atomic E-state index is 0.109. The van der Waals surface area contributed by atoms with E-state index in [0.29, 0.717) is 5.92 Å². The first-order chi connectivity index (χ1) is 30.9. The zero-order chi connectivity index (χ0) is 41.8. The molecule has 0 nitrogen and oxygen atoms in total. The molecule has 0 fully saturated rings. The zero-order valence-corrected chi connectivity index (χ0v) is 35.4. The highest BCUT2D eigenvalue weighted by molar-refractivity contribution is 6.22. The molecule has 296 valence electrons. The fourth-order valence-electron chi connectivity index (χ4n) is 11.1. The van der Waals surface area contributed by atoms with Gasteiger partial charge in [-0.25, -0.2) is 0 Å². The van der Waals surface area contributed by atoms with E-state index in [-0.39, 0.29) is 11.3 Å². The Hall–Kier alpha value is -7.54. The maximum atomic E-state index is 2.50. The van der Waals surface area contributed by atoms with E-state index in [1.807, 2.05) is 0 Å². The molecule has 0 spiro atoms. The van der Waals surface area contributed by atoms with E-state index in [1.165, 1.54) is 121 Å². The largest absolute Gasteiger partial charge is 0.0761 e. The van der Waals surface area contributed by atoms with Crippen molar-refractivity contribution in [1.82, 2.24) is 0 Å². The summed E-state index contributed by atoms with van der Waals surface area (Å²) in [7, 11) is 0. The quantitative estimate of drug-likeness (QED) is 0.156. The molecule has 0 saturated carbocycles. The molecule has 0 amide bonds. The molecule has 0 radical (unpaired) electrons. The molecule has 0 heteroatoms. The van der Waals surface area contributed by atoms with Gasteiger partial charge in [0.15, 0.2) is 0 Å². The van der Waals surface area contributed by atoms with Crippen LogP contribution in [-0.4, -0.2) is 0 Å². The molecule has 0 saturated heterocycles. The van der Waals surface area contributed by atoms with Gasteiger partial charge >= 0.3 is 0 Å². The number of hydrogen-bond donors (Lipinski definition) is 0. The summed E-state index contributed by atoms with van der Waals surface area (Å²) < 4.78 is 0. The van der Waals surface area contributed by atoms with E-state index in [0.717, 1.165) is 0 Å². The molecular weight excluding hydrogens is 757 g/mol. The summed E-state index contributed by atoms with van der Waals surface area (Å²) in [6.45, 7) is 4.77. The highest BCUT2D eigenvalue weighted by atomic mass is 14.4. The molecule has 10 aromatic carbocycles. The molecule has 13 rings (SSSR count). The monoisotopic (exact) mass is 800 g/mol. The van der Waals surface area contributed by atoms with Gasteiger partial charge in [0.1, 0.15) is 0 Å². The molecular formula is C63H44. The lowest BCUT2D eigenvalue weighted by atomic mass is 9.78. The van der Waals surface area contributed by atoms with Crippen molar-refractivity contribution < 1.29 is 0 Å². The summed E-state index contributed by atoms with van der Waals surface area (Å²) in [5.74, 6) is 0.641. The van der Waals surface area contributed by atoms with Crippen LogP contribution < -0.4 is 0 Å². The molecule has 0 aliphatic heterocycles. The van der Waals surface area contributed by atoms with Crippen molar-refractivity contribution in [2.24, 2.45) is 11.8 Å². The number of hydrogen-bond acceptors (Lipinski definition) is 0. The Morgan fingerprint density at radius 2 is 0.810 bits per heavy atom. The minimum Gasteiger partial charge on any atom is -0.0761 e. The molecule has 2 atom stereocenters. The van der Waals surface area contributed by atoms with Gasteiger partial charge in [-0.3, -0.25) is 0 Å². The van der Waals surface area contributed by atoms with Gasteiger partial charge in [-0.15, -0.1) is 0 Å². The van der Waals surface area contributed by atoms with Gasteiger partial charge in [0.05, 0.1) is 0 Å². The SMILES string of the molecule is CC1(C)c2cc(-c3ccc4ccccc4c3)ccc2-c2ccc(-c3ccc4cc(C5=CC6C=C(c7cc8ccc9ccccc9c8c8ccccc78)C=CC6C=C5)ccc4c3)cc21. The van der Waals surface area contributed by atoms with Crippen molar-refractivity contribution in [3.05, 3.63) is 241 Å². The lowest BCUT2D eigenvalue weighted by molar-refractivity contribution is 0.661. The highest BCUT2D eigenvalue weighted by Gasteiger charge is 2.36. The first kappa shape index (κ1) is 36.1. The van der Waals surface area contributed by atoms with Gasteiger partial charge < -0.3 is 0 Å². The molecule has 2 unspecified atom stereocenters. The normalized spacial score (nSPS) is 17.2. The average Bonchev–Trinajstić information content (AvgIpc) is 3.57. The predicted octanol–water partition coefficient (Wildman–Crippen LogP) is 16.9. The Balaban J connectivity index is 0.798. The van der Waals surface area contributed by atoms with Gasteiger partial charge in [0.25, 0.3) is 0 Å². The molecule has 63 heavy (non-hydrogen) atoms. The fourth-order valence-corrected chi connectivity index (χ4v) is 11.1. The van der Waals surface area contributed by atoms with Gasteiger partial charge in [0, 0.05) is 17.3 Å². The number of benzene rings is 10. The van der Waals surface area contributed by atoms with Crippen molar-refractivity contribution in [2.75, 3.05) is 0 Å². The Bertz CT molecular complexity index is 3710. The van der Waals surface area contributed by atoms with E-state index in [9.17, 15) is 0 Å². The average molecular weight is 801 g/mol. The van der Waals surface area contributed by atoms with Crippen LogP contribution in [0.4, 0.5) is 0 Å². The van der Waals surface area contributed by atoms with Crippen molar-refractivity contribution in [1.29, 1.82) is 0 Å². The van der Waals surface area contributed by atoms with E-state index >= 15 is 0 Å². The predicted molar refractivity (Wildman–Crippen MR) is 270 cm³/mol. The third kappa shape index (κ3) is 5.75. The second-order valence-electron chi connectivity index (χ2n) is 18.5. The van der Waals surface area contributed by atoms with E-state index in [1.54, 1.807) is 0 Å². The minimum atomic E-state index is -0.109. The third-order valence-electron chi connectivity index (χ3n) is 14.5. The third-order valence-corrected chi connectivity index (χ3v) is 14.5. The van der Waals surface area contributed by atoms with Gasteiger partial charge in [0.2, 0.25) is 0 Å². The van der Waals surface area contributed by atoms with E-state index < -0.39 is 0 Å². The second kappa shape index (κ2) is 13.7. The van der Waals surface area contributed by atoms with Crippen molar-refractivity contribution in [2.45, 2.75) is 19.3 Å². The Morgan fingerprint density at radius 1 is 0.333 bits per heavy atom. The number of allylic oxidation sites excluding steroid dienone is 8. The van der Waals surface area contributed by atoms with Crippen LogP contribution in [-0.2, 0) is 5.41 Å². The summed E-state index contributed by atoms with van der Waals surface area (Å²) >= 11 is 0. The summed E-state index contributed by atoms with van der Waals surface area (Å²) in [6, 6.07) is 68.2. The molecule has 0 bridgehead atoms. The Kier molecular flexibility index (Phi) is 7.88. The van der Waals surface area contributed by atoms with Gasteiger partial charge in [-0.2, -0.15) is 0 Å². The fraction of sp³-hybridized carbons (Fsp3) is 0.0794. The highest BCUT2D eigenvalue weighted by Crippen LogP contribution is 2.51. The van der Waals surface area contributed by atoms with E-state index in [4.69, 9.17) is 0 Å². The van der Waals surface area contributed by atoms with Crippen molar-refractivity contribution in [3.63, 3.8) is 0 Å². The summed E-state index contributed by atoms with van der Waals surface area (Å²) in [5, 5.41) is 12.9. The molecule has 0 N–H and O–H groups in total. The number of fused-ring (bicyclic) bond motifs is 11. The van der Waals surface area contributed by atoms with Crippen LogP contribution in [0.15, 0.2) is 218 Å². The lowest BCUT2D eigenvalue weighted by Crippen LogP contribution is -2.15. The maximum Gasteiger partial charge on any atom is 0.0159 e. The van der Waals surface area contributed by atoms with Crippen LogP contribution in [0.2, 0.25) is 0 Å². The first-order valence-electron chi connectivity index (χ1n) is 22.4. The second-order valence-corrected chi connectivity index (χ2v) is 18.5. The van der Waals surface area contributed by atoms with Crippen LogP contribution in [0.5, 0.6) is 0 Å². The Labute approximate surface area is 368 Å².